The molecule has 140 valence electrons. The topological polar surface area (TPSA) is 52.4 Å². The largest absolute Gasteiger partial charge is 0.381 e. The van der Waals surface area contributed by atoms with E-state index in [0.717, 1.165) is 50.2 Å². The lowest BCUT2D eigenvalue weighted by atomic mass is 9.98. The van der Waals surface area contributed by atoms with E-state index in [1.54, 1.807) is 6.20 Å². The van der Waals surface area contributed by atoms with Gasteiger partial charge in [-0.3, -0.25) is 9.88 Å². The average molecular weight is 356 g/mol. The summed E-state index contributed by atoms with van der Waals surface area (Å²) in [5, 5.41) is 0. The van der Waals surface area contributed by atoms with Crippen LogP contribution in [0.1, 0.15) is 43.0 Å². The van der Waals surface area contributed by atoms with Crippen LogP contribution >= 0.6 is 0 Å². The second kappa shape index (κ2) is 8.29. The number of aromatic nitrogens is 3. The SMILES string of the molecule is C[C@@H]1c2ncc(COCc3ccccn3)n2CCN1CC1CCOCC1. The molecular formula is C20H28N4O2. The summed E-state index contributed by atoms with van der Waals surface area (Å²) >= 11 is 0. The highest BCUT2D eigenvalue weighted by atomic mass is 16.5. The van der Waals surface area contributed by atoms with Crippen LogP contribution in [0.3, 0.4) is 0 Å². The summed E-state index contributed by atoms with van der Waals surface area (Å²) in [7, 11) is 0. The first-order valence-corrected chi connectivity index (χ1v) is 9.65. The van der Waals surface area contributed by atoms with Crippen LogP contribution in [0.4, 0.5) is 0 Å². The van der Waals surface area contributed by atoms with Crippen molar-refractivity contribution >= 4 is 0 Å². The summed E-state index contributed by atoms with van der Waals surface area (Å²) in [6.07, 6.45) is 6.14. The molecule has 26 heavy (non-hydrogen) atoms. The zero-order chi connectivity index (χ0) is 17.8. The van der Waals surface area contributed by atoms with Crippen molar-refractivity contribution in [3.63, 3.8) is 0 Å². The first-order chi connectivity index (χ1) is 12.8. The molecule has 1 fully saturated rings. The van der Waals surface area contributed by atoms with E-state index < -0.39 is 0 Å². The number of hydrogen-bond donors (Lipinski definition) is 0. The Labute approximate surface area is 155 Å². The van der Waals surface area contributed by atoms with E-state index in [4.69, 9.17) is 14.5 Å². The summed E-state index contributed by atoms with van der Waals surface area (Å²) in [5.41, 5.74) is 2.12. The standard InChI is InChI=1S/C20H28N4O2/c1-16-20-22-12-19(15-26-14-18-4-2-3-7-21-18)24(20)9-8-23(16)13-17-5-10-25-11-6-17/h2-4,7,12,16-17H,5-6,8-11,13-15H2,1H3/t16-/m1/s1. The Bertz CT molecular complexity index is 697. The maximum Gasteiger partial charge on any atom is 0.126 e. The van der Waals surface area contributed by atoms with Crippen LogP contribution in [0.5, 0.6) is 0 Å². The molecule has 2 aliphatic heterocycles. The molecule has 0 amide bonds. The predicted octanol–water partition coefficient (Wildman–Crippen LogP) is 2.80. The van der Waals surface area contributed by atoms with Gasteiger partial charge < -0.3 is 14.0 Å². The van der Waals surface area contributed by atoms with Gasteiger partial charge in [0, 0.05) is 39.0 Å². The molecule has 0 unspecified atom stereocenters. The van der Waals surface area contributed by atoms with E-state index >= 15 is 0 Å². The molecular weight excluding hydrogens is 328 g/mol. The van der Waals surface area contributed by atoms with Crippen molar-refractivity contribution in [3.8, 4) is 0 Å². The summed E-state index contributed by atoms with van der Waals surface area (Å²) in [6, 6.07) is 6.25. The number of pyridine rings is 1. The highest BCUT2D eigenvalue weighted by Crippen LogP contribution is 2.28. The highest BCUT2D eigenvalue weighted by molar-refractivity contribution is 5.11. The van der Waals surface area contributed by atoms with Crippen molar-refractivity contribution < 1.29 is 9.47 Å². The molecule has 0 aliphatic carbocycles. The fraction of sp³-hybridized carbons (Fsp3) is 0.600. The van der Waals surface area contributed by atoms with Gasteiger partial charge in [-0.25, -0.2) is 4.98 Å². The zero-order valence-corrected chi connectivity index (χ0v) is 15.5. The van der Waals surface area contributed by atoms with Gasteiger partial charge in [0.2, 0.25) is 0 Å². The number of hydrogen-bond acceptors (Lipinski definition) is 5. The van der Waals surface area contributed by atoms with Crippen molar-refractivity contribution in [3.05, 3.63) is 47.8 Å². The summed E-state index contributed by atoms with van der Waals surface area (Å²) in [4.78, 5) is 11.6. The summed E-state index contributed by atoms with van der Waals surface area (Å²) < 4.78 is 13.7. The van der Waals surface area contributed by atoms with Gasteiger partial charge >= 0.3 is 0 Å². The fourth-order valence-corrected chi connectivity index (χ4v) is 3.97. The fourth-order valence-electron chi connectivity index (χ4n) is 3.97. The van der Waals surface area contributed by atoms with Crippen LogP contribution in [-0.2, 0) is 29.2 Å². The van der Waals surface area contributed by atoms with Gasteiger partial charge in [-0.2, -0.15) is 0 Å². The van der Waals surface area contributed by atoms with Gasteiger partial charge in [0.15, 0.2) is 0 Å². The second-order valence-corrected chi connectivity index (χ2v) is 7.30. The van der Waals surface area contributed by atoms with Gasteiger partial charge in [0.1, 0.15) is 5.82 Å². The minimum atomic E-state index is 0.358. The summed E-state index contributed by atoms with van der Waals surface area (Å²) in [5.74, 6) is 1.92. The van der Waals surface area contributed by atoms with Gasteiger partial charge in [-0.15, -0.1) is 0 Å². The van der Waals surface area contributed by atoms with Gasteiger partial charge in [0.05, 0.1) is 36.8 Å². The molecule has 1 saturated heterocycles. The monoisotopic (exact) mass is 356 g/mol. The van der Waals surface area contributed by atoms with Gasteiger partial charge in [-0.1, -0.05) is 6.07 Å². The highest BCUT2D eigenvalue weighted by Gasteiger charge is 2.29. The molecule has 2 aromatic heterocycles. The lowest BCUT2D eigenvalue weighted by molar-refractivity contribution is 0.0402. The lowest BCUT2D eigenvalue weighted by Crippen LogP contribution is -2.41. The molecule has 0 bridgehead atoms. The summed E-state index contributed by atoms with van der Waals surface area (Å²) in [6.45, 7) is 8.45. The van der Waals surface area contributed by atoms with Crippen LogP contribution in [0.25, 0.3) is 0 Å². The molecule has 4 heterocycles. The van der Waals surface area contributed by atoms with Crippen molar-refractivity contribution in [1.29, 1.82) is 0 Å². The number of imidazole rings is 1. The Morgan fingerprint density at radius 3 is 2.85 bits per heavy atom. The number of rotatable bonds is 6. The molecule has 6 heteroatoms. The van der Waals surface area contributed by atoms with Crippen LogP contribution in [-0.4, -0.2) is 45.7 Å². The maximum atomic E-state index is 5.86. The molecule has 0 spiro atoms. The lowest BCUT2D eigenvalue weighted by Gasteiger charge is -2.37. The minimum absolute atomic E-state index is 0.358. The third-order valence-corrected chi connectivity index (χ3v) is 5.56. The average Bonchev–Trinajstić information content (AvgIpc) is 3.10. The molecule has 6 nitrogen and oxygen atoms in total. The molecule has 0 saturated carbocycles. The number of ether oxygens (including phenoxy) is 2. The Kier molecular flexibility index (Phi) is 5.62. The molecule has 2 aliphatic rings. The van der Waals surface area contributed by atoms with E-state index in [1.807, 2.05) is 24.4 Å². The van der Waals surface area contributed by atoms with E-state index in [0.29, 0.717) is 19.3 Å². The molecule has 2 aromatic rings. The molecule has 0 N–H and O–H groups in total. The molecule has 0 aromatic carbocycles. The normalized spacial score (nSPS) is 21.7. The first kappa shape index (κ1) is 17.6. The second-order valence-electron chi connectivity index (χ2n) is 7.30. The Balaban J connectivity index is 1.34. The third kappa shape index (κ3) is 3.98. The van der Waals surface area contributed by atoms with Crippen molar-refractivity contribution in [1.82, 2.24) is 19.4 Å². The molecule has 0 radical (unpaired) electrons. The van der Waals surface area contributed by atoms with Crippen molar-refractivity contribution in [2.45, 2.75) is 45.6 Å². The van der Waals surface area contributed by atoms with E-state index in [9.17, 15) is 0 Å². The first-order valence-electron chi connectivity index (χ1n) is 9.65. The maximum absolute atomic E-state index is 5.86. The van der Waals surface area contributed by atoms with E-state index in [-0.39, 0.29) is 0 Å². The quantitative estimate of drug-likeness (QED) is 0.797. The molecule has 1 atom stereocenters. The minimum Gasteiger partial charge on any atom is -0.381 e. The predicted molar refractivity (Wildman–Crippen MR) is 98.5 cm³/mol. The van der Waals surface area contributed by atoms with Crippen molar-refractivity contribution in [2.24, 2.45) is 5.92 Å². The Hall–Kier alpha value is -1.76. The van der Waals surface area contributed by atoms with Crippen LogP contribution in [0.2, 0.25) is 0 Å². The smallest absolute Gasteiger partial charge is 0.126 e. The molecule has 4 rings (SSSR count). The Morgan fingerprint density at radius 1 is 1.15 bits per heavy atom. The zero-order valence-electron chi connectivity index (χ0n) is 15.5. The van der Waals surface area contributed by atoms with Crippen LogP contribution < -0.4 is 0 Å². The van der Waals surface area contributed by atoms with E-state index in [1.165, 1.54) is 18.7 Å². The Morgan fingerprint density at radius 2 is 2.04 bits per heavy atom. The van der Waals surface area contributed by atoms with Gasteiger partial charge in [0.25, 0.3) is 0 Å². The van der Waals surface area contributed by atoms with Crippen molar-refractivity contribution in [2.75, 3.05) is 26.3 Å². The number of fused-ring (bicyclic) bond motifs is 1. The van der Waals surface area contributed by atoms with Crippen LogP contribution in [0, 0.1) is 5.92 Å². The van der Waals surface area contributed by atoms with E-state index in [2.05, 4.69) is 21.4 Å². The number of nitrogens with zero attached hydrogens (tertiary/aromatic N) is 4. The van der Waals surface area contributed by atoms with Crippen LogP contribution in [0.15, 0.2) is 30.6 Å². The third-order valence-electron chi connectivity index (χ3n) is 5.56. The van der Waals surface area contributed by atoms with Gasteiger partial charge in [-0.05, 0) is 37.8 Å².